The number of benzene rings is 1. The number of nitrogens with one attached hydrogen (secondary N) is 1. The number of hydrogen-bond donors (Lipinski definition) is 2. The summed E-state index contributed by atoms with van der Waals surface area (Å²) in [7, 11) is 0.608. The molecule has 2 N–H and O–H groups in total. The molecule has 1 aromatic carbocycles. The Morgan fingerprint density at radius 2 is 1.69 bits per heavy atom. The number of aliphatic hydroxyl groups is 1. The number of aliphatic hydroxyl groups excluding tert-OH is 1. The fourth-order valence-electron chi connectivity index (χ4n) is 2.66. The summed E-state index contributed by atoms with van der Waals surface area (Å²) in [6, 6.07) is 2.98. The third kappa shape index (κ3) is 4.11. The minimum atomic E-state index is -3.05. The summed E-state index contributed by atoms with van der Waals surface area (Å²) in [5.74, 6) is -0.00109. The molecule has 146 valence electrons. The lowest BCUT2D eigenvalue weighted by Crippen LogP contribution is -2.41. The first-order valence-corrected chi connectivity index (χ1v) is 8.46. The summed E-state index contributed by atoms with van der Waals surface area (Å²) in [5, 5.41) is 13.0. The minimum Gasteiger partial charge on any atom is -0.496 e. The highest BCUT2D eigenvalue weighted by molar-refractivity contribution is 6.62. The van der Waals surface area contributed by atoms with Crippen LogP contribution >= 0.6 is 0 Å². The van der Waals surface area contributed by atoms with Crippen LogP contribution in [0.3, 0.4) is 0 Å². The average Bonchev–Trinajstić information content (AvgIpc) is 2.74. The Labute approximate surface area is 152 Å². The molecule has 0 saturated carbocycles. The van der Waals surface area contributed by atoms with Gasteiger partial charge in [-0.15, -0.1) is 0 Å². The second-order valence-corrected chi connectivity index (χ2v) is 7.06. The summed E-state index contributed by atoms with van der Waals surface area (Å²) >= 11 is 0. The number of ether oxygens (including phenoxy) is 2. The molecule has 1 heterocycles. The standard InChI is InChI=1S/C17H26BF2NO5/c1-7-21-14(22)13-11(23-6)8-10(9-12(13)24-15(19)20)18-25-16(2,3)17(4,5)26-18/h8-9,14-15,21-22H,7H2,1-6H3. The van der Waals surface area contributed by atoms with E-state index in [2.05, 4.69) is 10.1 Å². The molecule has 0 aliphatic carbocycles. The van der Waals surface area contributed by atoms with Crippen LogP contribution in [0.1, 0.15) is 46.4 Å². The van der Waals surface area contributed by atoms with Crippen molar-refractivity contribution >= 4 is 12.6 Å². The summed E-state index contributed by atoms with van der Waals surface area (Å²) < 4.78 is 47.7. The SMILES string of the molecule is CCNC(O)c1c(OC)cc(B2OC(C)(C)C(C)(C)O2)cc1OC(F)F. The summed E-state index contributed by atoms with van der Waals surface area (Å²) in [6.07, 6.45) is -1.23. The molecular formula is C17H26BF2NO5. The normalized spacial score (nSPS) is 19.7. The number of methoxy groups -OCH3 is 1. The number of halogens is 2. The van der Waals surface area contributed by atoms with E-state index in [0.717, 1.165) is 0 Å². The number of rotatable bonds is 7. The molecular weight excluding hydrogens is 347 g/mol. The van der Waals surface area contributed by atoms with Crippen molar-refractivity contribution in [1.82, 2.24) is 5.32 Å². The van der Waals surface area contributed by atoms with Gasteiger partial charge >= 0.3 is 13.7 Å². The minimum absolute atomic E-state index is 0.0925. The van der Waals surface area contributed by atoms with Crippen molar-refractivity contribution in [2.75, 3.05) is 13.7 Å². The monoisotopic (exact) mass is 373 g/mol. The van der Waals surface area contributed by atoms with Crippen LogP contribution in [-0.2, 0) is 9.31 Å². The zero-order valence-electron chi connectivity index (χ0n) is 15.9. The topological polar surface area (TPSA) is 69.2 Å². The molecule has 1 unspecified atom stereocenters. The van der Waals surface area contributed by atoms with Crippen molar-refractivity contribution in [1.29, 1.82) is 0 Å². The van der Waals surface area contributed by atoms with Crippen molar-refractivity contribution < 1.29 is 32.7 Å². The first-order chi connectivity index (χ1) is 12.0. The number of hydrogen-bond acceptors (Lipinski definition) is 6. The van der Waals surface area contributed by atoms with Crippen molar-refractivity contribution in [3.05, 3.63) is 17.7 Å². The smallest absolute Gasteiger partial charge is 0.495 e. The lowest BCUT2D eigenvalue weighted by molar-refractivity contribution is -0.0520. The maximum Gasteiger partial charge on any atom is 0.495 e. The van der Waals surface area contributed by atoms with Gasteiger partial charge in [-0.3, -0.25) is 5.32 Å². The van der Waals surface area contributed by atoms with Crippen LogP contribution in [0.2, 0.25) is 0 Å². The lowest BCUT2D eigenvalue weighted by Gasteiger charge is -2.32. The fourth-order valence-corrected chi connectivity index (χ4v) is 2.66. The van der Waals surface area contributed by atoms with Crippen molar-refractivity contribution in [3.8, 4) is 11.5 Å². The predicted molar refractivity (Wildman–Crippen MR) is 94.0 cm³/mol. The maximum atomic E-state index is 12.9. The molecule has 1 fully saturated rings. The van der Waals surface area contributed by atoms with Gasteiger partial charge in [0.2, 0.25) is 0 Å². The second-order valence-electron chi connectivity index (χ2n) is 7.06. The Morgan fingerprint density at radius 1 is 1.15 bits per heavy atom. The van der Waals surface area contributed by atoms with E-state index < -0.39 is 31.2 Å². The first-order valence-electron chi connectivity index (χ1n) is 8.46. The van der Waals surface area contributed by atoms with Gasteiger partial charge in [0.15, 0.2) is 0 Å². The van der Waals surface area contributed by atoms with Gasteiger partial charge < -0.3 is 23.9 Å². The van der Waals surface area contributed by atoms with Gasteiger partial charge in [0.05, 0.1) is 23.9 Å². The lowest BCUT2D eigenvalue weighted by atomic mass is 9.78. The Morgan fingerprint density at radius 3 is 2.15 bits per heavy atom. The zero-order valence-corrected chi connectivity index (χ0v) is 15.9. The zero-order chi connectivity index (χ0) is 19.7. The van der Waals surface area contributed by atoms with Crippen molar-refractivity contribution in [2.45, 2.75) is 58.7 Å². The quantitative estimate of drug-likeness (QED) is 0.564. The van der Waals surface area contributed by atoms with Crippen LogP contribution < -0.4 is 20.3 Å². The van der Waals surface area contributed by atoms with Crippen LogP contribution in [0, 0.1) is 0 Å². The molecule has 1 aromatic rings. The van der Waals surface area contributed by atoms with Crippen LogP contribution in [0.25, 0.3) is 0 Å². The molecule has 0 spiro atoms. The van der Waals surface area contributed by atoms with Gasteiger partial charge in [0.25, 0.3) is 0 Å². The van der Waals surface area contributed by atoms with E-state index in [9.17, 15) is 13.9 Å². The molecule has 1 aliphatic heterocycles. The third-order valence-electron chi connectivity index (χ3n) is 4.76. The van der Waals surface area contributed by atoms with Crippen LogP contribution in [-0.4, -0.2) is 43.7 Å². The molecule has 6 nitrogen and oxygen atoms in total. The Kier molecular flexibility index (Phi) is 6.17. The van der Waals surface area contributed by atoms with Gasteiger partial charge in [-0.05, 0) is 51.8 Å². The first kappa shape index (κ1) is 20.9. The van der Waals surface area contributed by atoms with Crippen LogP contribution in [0.4, 0.5) is 8.78 Å². The summed E-state index contributed by atoms with van der Waals surface area (Å²) in [6.45, 7) is 6.72. The molecule has 0 amide bonds. The number of alkyl halides is 2. The van der Waals surface area contributed by atoms with E-state index in [1.54, 1.807) is 13.0 Å². The molecule has 2 rings (SSSR count). The molecule has 0 aromatic heterocycles. The second kappa shape index (κ2) is 7.68. The highest BCUT2D eigenvalue weighted by Crippen LogP contribution is 2.38. The van der Waals surface area contributed by atoms with E-state index in [1.807, 2.05) is 27.7 Å². The molecule has 0 bridgehead atoms. The van der Waals surface area contributed by atoms with E-state index in [-0.39, 0.29) is 17.1 Å². The van der Waals surface area contributed by atoms with Gasteiger partial charge in [-0.2, -0.15) is 8.78 Å². The molecule has 1 aliphatic rings. The highest BCUT2D eigenvalue weighted by atomic mass is 19.3. The maximum absolute atomic E-state index is 12.9. The predicted octanol–water partition coefficient (Wildman–Crippen LogP) is 2.20. The molecule has 1 saturated heterocycles. The molecule has 0 radical (unpaired) electrons. The van der Waals surface area contributed by atoms with Gasteiger partial charge in [0, 0.05) is 0 Å². The fraction of sp³-hybridized carbons (Fsp3) is 0.647. The summed E-state index contributed by atoms with van der Waals surface area (Å²) in [4.78, 5) is 0. The molecule has 9 heteroatoms. The Balaban J connectivity index is 2.49. The summed E-state index contributed by atoms with van der Waals surface area (Å²) in [5.41, 5.74) is -0.619. The average molecular weight is 373 g/mol. The Hall–Kier alpha value is -1.42. The molecule has 26 heavy (non-hydrogen) atoms. The van der Waals surface area contributed by atoms with E-state index in [0.29, 0.717) is 12.0 Å². The van der Waals surface area contributed by atoms with E-state index in [1.165, 1.54) is 13.2 Å². The van der Waals surface area contributed by atoms with Gasteiger partial charge in [-0.25, -0.2) is 0 Å². The Bertz CT molecular complexity index is 626. The van der Waals surface area contributed by atoms with E-state index in [4.69, 9.17) is 14.0 Å². The van der Waals surface area contributed by atoms with Crippen molar-refractivity contribution in [2.24, 2.45) is 0 Å². The van der Waals surface area contributed by atoms with Gasteiger partial charge in [-0.1, -0.05) is 6.92 Å². The third-order valence-corrected chi connectivity index (χ3v) is 4.76. The largest absolute Gasteiger partial charge is 0.496 e. The van der Waals surface area contributed by atoms with E-state index >= 15 is 0 Å². The van der Waals surface area contributed by atoms with Crippen LogP contribution in [0.15, 0.2) is 12.1 Å². The molecule has 1 atom stereocenters. The van der Waals surface area contributed by atoms with Crippen LogP contribution in [0.5, 0.6) is 11.5 Å². The highest BCUT2D eigenvalue weighted by Gasteiger charge is 2.52. The van der Waals surface area contributed by atoms with Gasteiger partial charge in [0.1, 0.15) is 17.7 Å². The van der Waals surface area contributed by atoms with Crippen molar-refractivity contribution in [3.63, 3.8) is 0 Å².